The van der Waals surface area contributed by atoms with E-state index in [1.165, 1.54) is 36.6 Å². The molecule has 1 heterocycles. The molecule has 2 aliphatic rings. The van der Waals surface area contributed by atoms with Crippen LogP contribution in [0.15, 0.2) is 58.4 Å². The fraction of sp³-hybridized carbons (Fsp3) is 0.333. The Morgan fingerprint density at radius 3 is 2.38 bits per heavy atom. The Balaban J connectivity index is 1.66. The summed E-state index contributed by atoms with van der Waals surface area (Å²) >= 11 is 1.48. The average molecular weight is 407 g/mol. The fourth-order valence-electron chi connectivity index (χ4n) is 3.81. The lowest BCUT2D eigenvalue weighted by molar-refractivity contribution is -0.124. The minimum absolute atomic E-state index is 0.0728. The molecule has 29 heavy (non-hydrogen) atoms. The molecule has 1 aliphatic carbocycles. The minimum Gasteiger partial charge on any atom is -0.497 e. The van der Waals surface area contributed by atoms with Crippen molar-refractivity contribution in [2.45, 2.75) is 45.1 Å². The van der Waals surface area contributed by atoms with Gasteiger partial charge in [0.2, 0.25) is 0 Å². The zero-order valence-electron chi connectivity index (χ0n) is 16.9. The van der Waals surface area contributed by atoms with Gasteiger partial charge in [0.1, 0.15) is 5.75 Å². The number of aliphatic imine (C=N–C) groups is 1. The van der Waals surface area contributed by atoms with Crippen molar-refractivity contribution in [3.8, 4) is 5.75 Å². The predicted molar refractivity (Wildman–Crippen MR) is 121 cm³/mol. The molecule has 0 spiro atoms. The molecular formula is C24H26N2O2S. The van der Waals surface area contributed by atoms with Crippen LogP contribution in [0.3, 0.4) is 0 Å². The molecule has 1 aliphatic heterocycles. The molecule has 1 saturated heterocycles. The molecule has 0 bridgehead atoms. The van der Waals surface area contributed by atoms with Crippen LogP contribution < -0.4 is 4.74 Å². The van der Waals surface area contributed by atoms with Crippen molar-refractivity contribution in [2.75, 3.05) is 7.11 Å². The van der Waals surface area contributed by atoms with E-state index in [0.29, 0.717) is 0 Å². The average Bonchev–Trinajstić information content (AvgIpc) is 3.05. The zero-order chi connectivity index (χ0) is 20.2. The quantitative estimate of drug-likeness (QED) is 0.590. The molecule has 2 fully saturated rings. The van der Waals surface area contributed by atoms with Gasteiger partial charge in [0.05, 0.1) is 17.7 Å². The Morgan fingerprint density at radius 1 is 1.03 bits per heavy atom. The minimum atomic E-state index is 0.0728. The van der Waals surface area contributed by atoms with E-state index in [1.54, 1.807) is 7.11 Å². The van der Waals surface area contributed by atoms with Crippen LogP contribution in [0.25, 0.3) is 6.08 Å². The predicted octanol–water partition coefficient (Wildman–Crippen LogP) is 5.94. The third-order valence-electron chi connectivity index (χ3n) is 5.45. The molecule has 0 N–H and O–H groups in total. The van der Waals surface area contributed by atoms with E-state index in [4.69, 9.17) is 9.73 Å². The number of hydrogen-bond donors (Lipinski definition) is 0. The number of carbonyl (C=O) groups excluding carboxylic acids is 1. The van der Waals surface area contributed by atoms with Crippen LogP contribution in [0.2, 0.25) is 0 Å². The SMILES string of the molecule is COc1ccc(/C=C2/SC(=Nc3ccc(C)cc3)N(C3CCCCC3)C2=O)cc1. The summed E-state index contributed by atoms with van der Waals surface area (Å²) in [6.07, 6.45) is 7.66. The van der Waals surface area contributed by atoms with E-state index in [9.17, 15) is 4.79 Å². The molecule has 1 amide bonds. The molecule has 0 radical (unpaired) electrons. The summed E-state index contributed by atoms with van der Waals surface area (Å²) in [4.78, 5) is 20.8. The number of methoxy groups -OCH3 is 1. The maximum atomic E-state index is 13.3. The lowest BCUT2D eigenvalue weighted by Crippen LogP contribution is -2.40. The van der Waals surface area contributed by atoms with Gasteiger partial charge in [-0.2, -0.15) is 0 Å². The summed E-state index contributed by atoms with van der Waals surface area (Å²) in [7, 11) is 1.65. The van der Waals surface area contributed by atoms with Crippen LogP contribution >= 0.6 is 11.8 Å². The summed E-state index contributed by atoms with van der Waals surface area (Å²) in [5, 5.41) is 0.797. The number of carbonyl (C=O) groups is 1. The second-order valence-electron chi connectivity index (χ2n) is 7.58. The lowest BCUT2D eigenvalue weighted by atomic mass is 9.94. The van der Waals surface area contributed by atoms with Crippen molar-refractivity contribution < 1.29 is 9.53 Å². The van der Waals surface area contributed by atoms with Gasteiger partial charge in [0.25, 0.3) is 5.91 Å². The lowest BCUT2D eigenvalue weighted by Gasteiger charge is -2.30. The normalized spacial score (nSPS) is 20.6. The van der Waals surface area contributed by atoms with E-state index in [-0.39, 0.29) is 11.9 Å². The first kappa shape index (κ1) is 19.8. The van der Waals surface area contributed by atoms with Crippen molar-refractivity contribution in [1.29, 1.82) is 0 Å². The van der Waals surface area contributed by atoms with Gasteiger partial charge in [-0.05, 0) is 67.4 Å². The number of benzene rings is 2. The number of rotatable bonds is 4. The highest BCUT2D eigenvalue weighted by Gasteiger charge is 2.38. The molecule has 150 valence electrons. The molecule has 1 saturated carbocycles. The standard InChI is InChI=1S/C24H26N2O2S/c1-17-8-12-19(13-9-17)25-24-26(20-6-4-3-5-7-20)23(27)22(29-24)16-18-10-14-21(28-2)15-11-18/h8-16,20H,3-7H2,1-2H3/b22-16+,25-24?. The summed E-state index contributed by atoms with van der Waals surface area (Å²) < 4.78 is 5.23. The first-order valence-corrected chi connectivity index (χ1v) is 11.0. The Morgan fingerprint density at radius 2 is 1.72 bits per heavy atom. The first-order chi connectivity index (χ1) is 14.1. The molecule has 5 heteroatoms. The van der Waals surface area contributed by atoms with Gasteiger partial charge >= 0.3 is 0 Å². The number of ether oxygens (including phenoxy) is 1. The second-order valence-corrected chi connectivity index (χ2v) is 8.59. The van der Waals surface area contributed by atoms with Crippen LogP contribution in [0.1, 0.15) is 43.2 Å². The number of thioether (sulfide) groups is 1. The molecule has 4 rings (SSSR count). The Bertz CT molecular complexity index is 926. The summed E-state index contributed by atoms with van der Waals surface area (Å²) in [5.74, 6) is 0.881. The van der Waals surface area contributed by atoms with Crippen LogP contribution in [-0.4, -0.2) is 29.1 Å². The van der Waals surface area contributed by atoms with Gasteiger partial charge in [0, 0.05) is 6.04 Å². The highest BCUT2D eigenvalue weighted by Crippen LogP contribution is 2.38. The number of nitrogens with zero attached hydrogens (tertiary/aromatic N) is 2. The third kappa shape index (κ3) is 4.56. The monoisotopic (exact) mass is 406 g/mol. The van der Waals surface area contributed by atoms with Crippen molar-refractivity contribution in [2.24, 2.45) is 4.99 Å². The van der Waals surface area contributed by atoms with Crippen molar-refractivity contribution >= 4 is 34.6 Å². The van der Waals surface area contributed by atoms with Crippen LogP contribution in [0, 0.1) is 6.92 Å². The highest BCUT2D eigenvalue weighted by atomic mass is 32.2. The van der Waals surface area contributed by atoms with Crippen LogP contribution in [-0.2, 0) is 4.79 Å². The Hall–Kier alpha value is -2.53. The summed E-state index contributed by atoms with van der Waals surface area (Å²) in [5.41, 5.74) is 3.08. The maximum Gasteiger partial charge on any atom is 0.267 e. The number of amidine groups is 1. The van der Waals surface area contributed by atoms with E-state index in [1.807, 2.05) is 47.4 Å². The summed E-state index contributed by atoms with van der Waals surface area (Å²) in [6.45, 7) is 2.06. The largest absolute Gasteiger partial charge is 0.497 e. The van der Waals surface area contributed by atoms with Gasteiger partial charge in [0.15, 0.2) is 5.17 Å². The van der Waals surface area contributed by atoms with Crippen LogP contribution in [0.4, 0.5) is 5.69 Å². The summed E-state index contributed by atoms with van der Waals surface area (Å²) in [6, 6.07) is 16.1. The molecule has 0 unspecified atom stereocenters. The van der Waals surface area contributed by atoms with Gasteiger partial charge < -0.3 is 4.74 Å². The fourth-order valence-corrected chi connectivity index (χ4v) is 4.87. The third-order valence-corrected chi connectivity index (χ3v) is 6.43. The zero-order valence-corrected chi connectivity index (χ0v) is 17.7. The topological polar surface area (TPSA) is 41.9 Å². The van der Waals surface area contributed by atoms with Gasteiger partial charge in [-0.1, -0.05) is 49.1 Å². The second kappa shape index (κ2) is 8.87. The van der Waals surface area contributed by atoms with Crippen molar-refractivity contribution in [3.63, 3.8) is 0 Å². The molecule has 0 aromatic heterocycles. The number of hydrogen-bond acceptors (Lipinski definition) is 4. The highest BCUT2D eigenvalue weighted by molar-refractivity contribution is 8.18. The Kier molecular flexibility index (Phi) is 6.05. The molecule has 2 aromatic rings. The van der Waals surface area contributed by atoms with Gasteiger partial charge in [-0.3, -0.25) is 9.69 Å². The maximum absolute atomic E-state index is 13.3. The van der Waals surface area contributed by atoms with Crippen LogP contribution in [0.5, 0.6) is 5.75 Å². The molecular weight excluding hydrogens is 380 g/mol. The number of aryl methyl sites for hydroxylation is 1. The van der Waals surface area contributed by atoms with E-state index in [2.05, 4.69) is 19.1 Å². The molecule has 4 nitrogen and oxygen atoms in total. The molecule has 2 aromatic carbocycles. The van der Waals surface area contributed by atoms with E-state index < -0.39 is 0 Å². The van der Waals surface area contributed by atoms with Gasteiger partial charge in [-0.25, -0.2) is 4.99 Å². The molecule has 0 atom stereocenters. The smallest absolute Gasteiger partial charge is 0.267 e. The Labute approximate surface area is 176 Å². The first-order valence-electron chi connectivity index (χ1n) is 10.2. The van der Waals surface area contributed by atoms with E-state index in [0.717, 1.165) is 39.9 Å². The van der Waals surface area contributed by atoms with E-state index >= 15 is 0 Å². The van der Waals surface area contributed by atoms with Gasteiger partial charge in [-0.15, -0.1) is 0 Å². The number of amides is 1. The van der Waals surface area contributed by atoms with Crippen molar-refractivity contribution in [3.05, 3.63) is 64.6 Å². The van der Waals surface area contributed by atoms with Crippen molar-refractivity contribution in [1.82, 2.24) is 4.90 Å².